The molecule has 2 bridgehead atoms. The van der Waals surface area contributed by atoms with Crippen LogP contribution in [-0.2, 0) is 9.31 Å². The van der Waals surface area contributed by atoms with Crippen LogP contribution in [0, 0.1) is 23.2 Å². The molecule has 0 radical (unpaired) electrons. The average molecular weight is 288 g/mol. The third-order valence-electron chi connectivity index (χ3n) is 5.58. The molecule has 19 heavy (non-hydrogen) atoms. The van der Waals surface area contributed by atoms with E-state index < -0.39 is 30.3 Å². The van der Waals surface area contributed by atoms with E-state index in [1.165, 1.54) is 0 Å². The van der Waals surface area contributed by atoms with Crippen molar-refractivity contribution >= 4 is 18.7 Å². The van der Waals surface area contributed by atoms with E-state index in [1.807, 2.05) is 0 Å². The Labute approximate surface area is 126 Å². The van der Waals surface area contributed by atoms with Gasteiger partial charge < -0.3 is 9.31 Å². The van der Waals surface area contributed by atoms with Crippen LogP contribution in [0.1, 0.15) is 57.9 Å². The first-order valence-electron chi connectivity index (χ1n) is 8.87. The Bertz CT molecular complexity index is 485. The summed E-state index contributed by atoms with van der Waals surface area (Å²) in [5, 5.41) is -1.95. The molecule has 0 aromatic carbocycles. The summed E-state index contributed by atoms with van der Waals surface area (Å²) in [4.78, 5) is 0. The van der Waals surface area contributed by atoms with Crippen molar-refractivity contribution in [1.82, 2.24) is 0 Å². The molecule has 1 aliphatic heterocycles. The van der Waals surface area contributed by atoms with E-state index in [0.717, 1.165) is 12.8 Å². The summed E-state index contributed by atoms with van der Waals surface area (Å²) in [7, 11) is -1.03. The van der Waals surface area contributed by atoms with Gasteiger partial charge >= 0.3 is 7.12 Å². The van der Waals surface area contributed by atoms with E-state index in [4.69, 9.17) is 25.0 Å². The van der Waals surface area contributed by atoms with E-state index in [2.05, 4.69) is 20.8 Å². The Hall–Kier alpha value is 0.275. The van der Waals surface area contributed by atoms with Crippen LogP contribution >= 0.6 is 11.6 Å². The predicted molar refractivity (Wildman–Crippen MR) is 79.2 cm³/mol. The summed E-state index contributed by atoms with van der Waals surface area (Å²) in [5.74, 6) is 0.608. The van der Waals surface area contributed by atoms with Gasteiger partial charge in [0.2, 0.25) is 0 Å². The molecule has 0 amide bonds. The van der Waals surface area contributed by atoms with Gasteiger partial charge in [-0.3, -0.25) is 0 Å². The van der Waals surface area contributed by atoms with E-state index in [9.17, 15) is 0 Å². The number of halogens is 1. The van der Waals surface area contributed by atoms with Crippen molar-refractivity contribution < 1.29 is 13.4 Å². The van der Waals surface area contributed by atoms with Crippen molar-refractivity contribution in [3.8, 4) is 0 Å². The van der Waals surface area contributed by atoms with Gasteiger partial charge in [0.1, 0.15) is 0 Å². The molecular weight excluding hydrogens is 258 g/mol. The molecule has 3 aliphatic carbocycles. The molecule has 1 unspecified atom stereocenters. The molecule has 0 aromatic heterocycles. The maximum Gasteiger partial charge on any atom is 0.476 e. The molecule has 4 heteroatoms. The average Bonchev–Trinajstić information content (AvgIpc) is 2.75. The van der Waals surface area contributed by atoms with Crippen LogP contribution in [-0.4, -0.2) is 24.1 Å². The Kier molecular flexibility index (Phi) is 2.52. The second-order valence-electron chi connectivity index (χ2n) is 7.45. The van der Waals surface area contributed by atoms with Crippen LogP contribution in [0.3, 0.4) is 0 Å². The van der Waals surface area contributed by atoms with Crippen molar-refractivity contribution in [2.75, 3.05) is 0 Å². The molecule has 1 heterocycles. The molecule has 0 N–H and O–H groups in total. The van der Waals surface area contributed by atoms with Crippen LogP contribution in [0.2, 0.25) is 0 Å². The summed E-state index contributed by atoms with van der Waals surface area (Å²) < 4.78 is 37.0. The molecule has 3 saturated carbocycles. The summed E-state index contributed by atoms with van der Waals surface area (Å²) in [6.07, 6.45) is 0.0524. The molecule has 5 atom stereocenters. The lowest BCUT2D eigenvalue weighted by Gasteiger charge is -2.64. The van der Waals surface area contributed by atoms with Gasteiger partial charge in [0.25, 0.3) is 0 Å². The SMILES string of the molecule is [2H]C(Cl)(B1O[C@@H]2C[C@@H]3C[C@@H](C3(C)C)[C@]2(C)O1)C([2H])([2H])C(C)C. The minimum Gasteiger partial charge on any atom is -0.404 e. The van der Waals surface area contributed by atoms with Gasteiger partial charge in [-0.15, -0.1) is 11.6 Å². The van der Waals surface area contributed by atoms with Gasteiger partial charge in [-0.1, -0.05) is 27.7 Å². The number of rotatable bonds is 3. The molecule has 4 fully saturated rings. The third-order valence-corrected chi connectivity index (χ3v) is 5.87. The Morgan fingerprint density at radius 1 is 1.42 bits per heavy atom. The summed E-state index contributed by atoms with van der Waals surface area (Å²) in [6, 6.07) is 0. The lowest BCUT2D eigenvalue weighted by molar-refractivity contribution is -0.199. The molecule has 4 rings (SSSR count). The van der Waals surface area contributed by atoms with Crippen LogP contribution in [0.25, 0.3) is 0 Å². The standard InChI is InChI=1S/C15H26BClO2/c1-9(2)6-13(17)16-18-12-8-10-7-11(14(10,3)4)15(12,5)19-16/h9-13H,6-8H2,1-5H3/t10-,11-,12+,13?,15-/m0/s1/i6D2,13D. The van der Waals surface area contributed by atoms with E-state index in [1.54, 1.807) is 13.8 Å². The normalized spacial score (nSPS) is 49.7. The zero-order valence-corrected chi connectivity index (χ0v) is 13.3. The van der Waals surface area contributed by atoms with Crippen LogP contribution in [0.4, 0.5) is 0 Å². The lowest BCUT2D eigenvalue weighted by atomic mass is 9.43. The molecular formula is C15H26BClO2. The zero-order valence-electron chi connectivity index (χ0n) is 15.5. The van der Waals surface area contributed by atoms with Crippen LogP contribution < -0.4 is 0 Å². The first-order chi connectivity index (χ1) is 9.85. The largest absolute Gasteiger partial charge is 0.476 e. The van der Waals surface area contributed by atoms with Gasteiger partial charge in [0.15, 0.2) is 0 Å². The van der Waals surface area contributed by atoms with Crippen LogP contribution in [0.15, 0.2) is 0 Å². The number of hydrogen-bond donors (Lipinski definition) is 0. The first kappa shape index (κ1) is 10.9. The fourth-order valence-electron chi connectivity index (χ4n) is 4.32. The molecule has 4 aliphatic rings. The van der Waals surface area contributed by atoms with Gasteiger partial charge in [-0.05, 0) is 49.3 Å². The monoisotopic (exact) mass is 287 g/mol. The highest BCUT2D eigenvalue weighted by Crippen LogP contribution is 2.65. The van der Waals surface area contributed by atoms with Crippen molar-refractivity contribution in [3.63, 3.8) is 0 Å². The molecule has 2 nitrogen and oxygen atoms in total. The zero-order chi connectivity index (χ0) is 16.7. The van der Waals surface area contributed by atoms with Crippen molar-refractivity contribution in [1.29, 1.82) is 0 Å². The van der Waals surface area contributed by atoms with Crippen molar-refractivity contribution in [3.05, 3.63) is 0 Å². The maximum absolute atomic E-state index is 8.41. The molecule has 0 aromatic rings. The Morgan fingerprint density at radius 2 is 2.11 bits per heavy atom. The van der Waals surface area contributed by atoms with Gasteiger partial charge in [-0.2, -0.15) is 0 Å². The molecule has 0 spiro atoms. The first-order valence-corrected chi connectivity index (χ1v) is 7.75. The smallest absolute Gasteiger partial charge is 0.404 e. The summed E-state index contributed by atoms with van der Waals surface area (Å²) in [6.45, 7) is 10.1. The third kappa shape index (κ3) is 1.99. The Balaban J connectivity index is 1.86. The molecule has 108 valence electrons. The fourth-order valence-corrected chi connectivity index (χ4v) is 4.63. The number of hydrogen-bond acceptors (Lipinski definition) is 2. The summed E-state index contributed by atoms with van der Waals surface area (Å²) in [5.41, 5.74) is -0.241. The second-order valence-corrected chi connectivity index (χ2v) is 7.85. The van der Waals surface area contributed by atoms with Crippen molar-refractivity contribution in [2.45, 2.75) is 70.8 Å². The maximum atomic E-state index is 8.41. The van der Waals surface area contributed by atoms with Gasteiger partial charge in [0, 0.05) is 4.11 Å². The molecule has 1 saturated heterocycles. The quantitative estimate of drug-likeness (QED) is 0.579. The Morgan fingerprint density at radius 3 is 2.68 bits per heavy atom. The van der Waals surface area contributed by atoms with Crippen molar-refractivity contribution in [2.24, 2.45) is 23.2 Å². The highest BCUT2D eigenvalue weighted by Gasteiger charge is 2.68. The highest BCUT2D eigenvalue weighted by atomic mass is 35.5. The second kappa shape index (κ2) is 4.38. The minimum atomic E-state index is -1.95. The minimum absolute atomic E-state index is 0.0827. The van der Waals surface area contributed by atoms with E-state index in [-0.39, 0.29) is 11.5 Å². The van der Waals surface area contributed by atoms with E-state index >= 15 is 0 Å². The van der Waals surface area contributed by atoms with E-state index in [0.29, 0.717) is 11.8 Å². The van der Waals surface area contributed by atoms with Gasteiger partial charge in [0.05, 0.1) is 17.0 Å². The van der Waals surface area contributed by atoms with Gasteiger partial charge in [-0.25, -0.2) is 0 Å². The number of alkyl halides is 1. The fraction of sp³-hybridized carbons (Fsp3) is 1.00. The lowest BCUT2D eigenvalue weighted by Crippen LogP contribution is -2.65. The summed E-state index contributed by atoms with van der Waals surface area (Å²) >= 11 is 6.33. The predicted octanol–water partition coefficient (Wildman–Crippen LogP) is 3.91. The van der Waals surface area contributed by atoms with Crippen LogP contribution in [0.5, 0.6) is 0 Å². The topological polar surface area (TPSA) is 18.5 Å². The highest BCUT2D eigenvalue weighted by molar-refractivity contribution is 6.59.